The molecule has 0 fully saturated rings. The molecule has 0 aromatic carbocycles. The van der Waals surface area contributed by atoms with Crippen LogP contribution in [0.2, 0.25) is 5.15 Å². The second-order valence-electron chi connectivity index (χ2n) is 4.11. The molecular weight excluding hydrogens is 269 g/mol. The molecule has 1 rings (SSSR count). The molecule has 7 heteroatoms. The largest absolute Gasteiger partial charge is 0.478 e. The molecule has 0 aliphatic rings. The highest BCUT2D eigenvalue weighted by atomic mass is 35.5. The molecule has 102 valence electrons. The summed E-state index contributed by atoms with van der Waals surface area (Å²) in [7, 11) is 0. The van der Waals surface area contributed by atoms with Gasteiger partial charge < -0.3 is 4.74 Å². The van der Waals surface area contributed by atoms with Crippen LogP contribution in [0.5, 0.6) is 5.88 Å². The predicted molar refractivity (Wildman–Crippen MR) is 61.9 cm³/mol. The van der Waals surface area contributed by atoms with Crippen molar-refractivity contribution < 1.29 is 17.9 Å². The van der Waals surface area contributed by atoms with Crippen molar-refractivity contribution in [1.82, 2.24) is 9.97 Å². The number of alkyl halides is 3. The molecule has 0 bridgehead atoms. The summed E-state index contributed by atoms with van der Waals surface area (Å²) < 4.78 is 40.9. The number of aromatic nitrogens is 2. The Hall–Kier alpha value is -1.04. The summed E-state index contributed by atoms with van der Waals surface area (Å²) in [5, 5.41) is 0.222. The Morgan fingerprint density at radius 2 is 2.00 bits per heavy atom. The summed E-state index contributed by atoms with van der Waals surface area (Å²) >= 11 is 5.77. The number of ether oxygens (including phenoxy) is 1. The number of nitrogens with zero attached hydrogens (tertiary/aromatic N) is 2. The van der Waals surface area contributed by atoms with Crippen LogP contribution in [0.15, 0.2) is 6.07 Å². The minimum Gasteiger partial charge on any atom is -0.478 e. The van der Waals surface area contributed by atoms with Crippen molar-refractivity contribution in [2.24, 2.45) is 0 Å². The van der Waals surface area contributed by atoms with Crippen molar-refractivity contribution in [2.75, 3.05) is 6.61 Å². The Balaban J connectivity index is 2.52. The molecule has 3 nitrogen and oxygen atoms in total. The van der Waals surface area contributed by atoms with Crippen LogP contribution in [0.1, 0.15) is 38.4 Å². The topological polar surface area (TPSA) is 35.0 Å². The fraction of sp³-hybridized carbons (Fsp3) is 0.636. The normalized spacial score (nSPS) is 11.9. The lowest BCUT2D eigenvalue weighted by atomic mass is 10.2. The lowest BCUT2D eigenvalue weighted by molar-refractivity contribution is -0.136. The van der Waals surface area contributed by atoms with Crippen LogP contribution in [-0.4, -0.2) is 22.8 Å². The zero-order chi connectivity index (χ0) is 13.8. The number of hydrogen-bond acceptors (Lipinski definition) is 3. The lowest BCUT2D eigenvalue weighted by Gasteiger charge is -2.10. The van der Waals surface area contributed by atoms with Gasteiger partial charge in [-0.05, 0) is 6.42 Å². The van der Waals surface area contributed by atoms with E-state index in [0.717, 1.165) is 0 Å². The van der Waals surface area contributed by atoms with Crippen molar-refractivity contribution in [3.63, 3.8) is 0 Å². The van der Waals surface area contributed by atoms with Crippen LogP contribution in [0.25, 0.3) is 0 Å². The minimum atomic E-state index is -4.16. The van der Waals surface area contributed by atoms with Gasteiger partial charge in [-0.3, -0.25) is 0 Å². The zero-order valence-electron chi connectivity index (χ0n) is 10.1. The SMILES string of the molecule is CC(C)c1nc(Cl)cc(OCCCC(F)(F)F)n1. The van der Waals surface area contributed by atoms with Crippen molar-refractivity contribution in [3.8, 4) is 5.88 Å². The first-order valence-electron chi connectivity index (χ1n) is 5.52. The first-order valence-corrected chi connectivity index (χ1v) is 5.90. The van der Waals surface area contributed by atoms with Crippen LogP contribution in [0.4, 0.5) is 13.2 Å². The van der Waals surface area contributed by atoms with Gasteiger partial charge in [0, 0.05) is 18.4 Å². The summed E-state index contributed by atoms with van der Waals surface area (Å²) in [6.07, 6.45) is -5.14. The Kier molecular flexibility index (Phi) is 5.19. The molecule has 0 saturated carbocycles. The predicted octanol–water partition coefficient (Wildman–Crippen LogP) is 3.97. The van der Waals surface area contributed by atoms with E-state index in [1.54, 1.807) is 0 Å². The Morgan fingerprint density at radius 3 is 2.56 bits per heavy atom. The fourth-order valence-corrected chi connectivity index (χ4v) is 1.38. The highest BCUT2D eigenvalue weighted by molar-refractivity contribution is 6.29. The van der Waals surface area contributed by atoms with Crippen LogP contribution in [0, 0.1) is 0 Å². The van der Waals surface area contributed by atoms with Gasteiger partial charge in [-0.1, -0.05) is 25.4 Å². The van der Waals surface area contributed by atoms with Crippen molar-refractivity contribution in [2.45, 2.75) is 38.8 Å². The van der Waals surface area contributed by atoms with Crippen LogP contribution in [0.3, 0.4) is 0 Å². The highest BCUT2D eigenvalue weighted by Gasteiger charge is 2.26. The van der Waals surface area contributed by atoms with Crippen LogP contribution in [-0.2, 0) is 0 Å². The molecule has 0 amide bonds. The summed E-state index contributed by atoms with van der Waals surface area (Å²) in [5.74, 6) is 0.787. The third-order valence-corrected chi connectivity index (χ3v) is 2.25. The average molecular weight is 283 g/mol. The number of halogens is 4. The lowest BCUT2D eigenvalue weighted by Crippen LogP contribution is -2.10. The third kappa shape index (κ3) is 5.53. The van der Waals surface area contributed by atoms with Gasteiger partial charge in [-0.15, -0.1) is 0 Å². The molecule has 1 aromatic rings. The van der Waals surface area contributed by atoms with Gasteiger partial charge in [0.15, 0.2) is 0 Å². The van der Waals surface area contributed by atoms with Crippen molar-refractivity contribution in [3.05, 3.63) is 17.0 Å². The maximum Gasteiger partial charge on any atom is 0.389 e. The smallest absolute Gasteiger partial charge is 0.389 e. The molecule has 0 atom stereocenters. The molecule has 0 spiro atoms. The first-order chi connectivity index (χ1) is 8.28. The van der Waals surface area contributed by atoms with Gasteiger partial charge in [-0.25, -0.2) is 4.98 Å². The molecule has 0 aliphatic heterocycles. The molecule has 0 aliphatic carbocycles. The molecule has 0 saturated heterocycles. The van der Waals surface area contributed by atoms with Gasteiger partial charge in [-0.2, -0.15) is 18.2 Å². The molecule has 1 aromatic heterocycles. The quantitative estimate of drug-likeness (QED) is 0.605. The second kappa shape index (κ2) is 6.22. The molecule has 1 heterocycles. The summed E-state index contributed by atoms with van der Waals surface area (Å²) in [4.78, 5) is 8.06. The maximum absolute atomic E-state index is 11.9. The molecule has 0 unspecified atom stereocenters. The van der Waals surface area contributed by atoms with E-state index in [1.807, 2.05) is 13.8 Å². The van der Waals surface area contributed by atoms with E-state index in [4.69, 9.17) is 16.3 Å². The minimum absolute atomic E-state index is 0.0512. The Labute approximate surface area is 108 Å². The van der Waals surface area contributed by atoms with Gasteiger partial charge in [0.25, 0.3) is 0 Å². The van der Waals surface area contributed by atoms with E-state index in [9.17, 15) is 13.2 Å². The van der Waals surface area contributed by atoms with Crippen LogP contribution >= 0.6 is 11.6 Å². The summed E-state index contributed by atoms with van der Waals surface area (Å²) in [5.41, 5.74) is 0. The van der Waals surface area contributed by atoms with E-state index >= 15 is 0 Å². The molecular formula is C11H14ClF3N2O. The molecule has 0 radical (unpaired) electrons. The monoisotopic (exact) mass is 282 g/mol. The van der Waals surface area contributed by atoms with Gasteiger partial charge in [0.1, 0.15) is 11.0 Å². The maximum atomic E-state index is 11.9. The Morgan fingerprint density at radius 1 is 1.33 bits per heavy atom. The summed E-state index contributed by atoms with van der Waals surface area (Å²) in [6, 6.07) is 1.39. The van der Waals surface area contributed by atoms with E-state index in [-0.39, 0.29) is 30.0 Å². The zero-order valence-corrected chi connectivity index (χ0v) is 10.8. The van der Waals surface area contributed by atoms with Crippen LogP contribution < -0.4 is 4.74 Å². The van der Waals surface area contributed by atoms with Crippen molar-refractivity contribution >= 4 is 11.6 Å². The van der Waals surface area contributed by atoms with E-state index in [2.05, 4.69) is 9.97 Å². The van der Waals surface area contributed by atoms with Crippen molar-refractivity contribution in [1.29, 1.82) is 0 Å². The highest BCUT2D eigenvalue weighted by Crippen LogP contribution is 2.22. The number of rotatable bonds is 5. The van der Waals surface area contributed by atoms with E-state index < -0.39 is 12.6 Å². The molecule has 18 heavy (non-hydrogen) atoms. The van der Waals surface area contributed by atoms with Gasteiger partial charge >= 0.3 is 6.18 Å². The van der Waals surface area contributed by atoms with E-state index in [1.165, 1.54) is 6.07 Å². The van der Waals surface area contributed by atoms with E-state index in [0.29, 0.717) is 5.82 Å². The third-order valence-electron chi connectivity index (χ3n) is 2.06. The first kappa shape index (κ1) is 15.0. The average Bonchev–Trinajstić information content (AvgIpc) is 2.22. The van der Waals surface area contributed by atoms with Gasteiger partial charge in [0.05, 0.1) is 6.61 Å². The fourth-order valence-electron chi connectivity index (χ4n) is 1.20. The summed E-state index contributed by atoms with van der Waals surface area (Å²) in [6.45, 7) is 3.72. The standard InChI is InChI=1S/C11H14ClF3N2O/c1-7(2)10-16-8(12)6-9(17-10)18-5-3-4-11(13,14)15/h6-7H,3-5H2,1-2H3. The molecule has 0 N–H and O–H groups in total. The van der Waals surface area contributed by atoms with Gasteiger partial charge in [0.2, 0.25) is 5.88 Å². The Bertz CT molecular complexity index is 396. The second-order valence-corrected chi connectivity index (χ2v) is 4.50. The number of hydrogen-bond donors (Lipinski definition) is 0.